The molecule has 0 atom stereocenters. The summed E-state index contributed by atoms with van der Waals surface area (Å²) in [5.41, 5.74) is 5.94. The van der Waals surface area contributed by atoms with Gasteiger partial charge in [0.2, 0.25) is 5.91 Å². The van der Waals surface area contributed by atoms with Gasteiger partial charge in [-0.3, -0.25) is 13.9 Å². The highest BCUT2D eigenvalue weighted by molar-refractivity contribution is 7.86. The number of anilines is 2. The molecule has 11 nitrogen and oxygen atoms in total. The van der Waals surface area contributed by atoms with Crippen molar-refractivity contribution < 1.29 is 30.7 Å². The molecule has 3 aromatic carbocycles. The number of amides is 1. The molecular formula is C18H16N4O7S2. The lowest BCUT2D eigenvalue weighted by Gasteiger charge is -2.09. The van der Waals surface area contributed by atoms with E-state index in [4.69, 9.17) is 5.73 Å². The fraction of sp³-hybridized carbons (Fsp3) is 0.0556. The Labute approximate surface area is 177 Å². The van der Waals surface area contributed by atoms with Crippen LogP contribution in [0, 0.1) is 0 Å². The monoisotopic (exact) mass is 464 g/mol. The minimum atomic E-state index is -4.77. The van der Waals surface area contributed by atoms with E-state index in [1.807, 2.05) is 0 Å². The molecule has 0 aliphatic rings. The van der Waals surface area contributed by atoms with Gasteiger partial charge in [0, 0.05) is 18.0 Å². The third-order valence-electron chi connectivity index (χ3n) is 4.07. The first kappa shape index (κ1) is 22.3. The smallest absolute Gasteiger partial charge is 0.296 e. The normalized spacial score (nSPS) is 12.4. The number of carbonyl (C=O) groups is 1. The summed E-state index contributed by atoms with van der Waals surface area (Å²) < 4.78 is 66.1. The Balaban J connectivity index is 2.25. The second kappa shape index (κ2) is 8.03. The van der Waals surface area contributed by atoms with Crippen LogP contribution in [0.25, 0.3) is 10.8 Å². The van der Waals surface area contributed by atoms with Crippen molar-refractivity contribution in [1.82, 2.24) is 0 Å². The van der Waals surface area contributed by atoms with Crippen LogP contribution in [0.4, 0.5) is 22.7 Å². The van der Waals surface area contributed by atoms with E-state index >= 15 is 0 Å². The molecule has 3 rings (SSSR count). The third kappa shape index (κ3) is 5.03. The Hall–Kier alpha value is -3.39. The second-order valence-corrected chi connectivity index (χ2v) is 9.19. The number of hydrogen-bond donors (Lipinski definition) is 4. The Morgan fingerprint density at radius 3 is 2.16 bits per heavy atom. The molecule has 0 saturated heterocycles. The Morgan fingerprint density at radius 2 is 1.55 bits per heavy atom. The third-order valence-corrected chi connectivity index (χ3v) is 5.87. The Bertz CT molecular complexity index is 1450. The number of fused-ring (bicyclic) bond motifs is 1. The van der Waals surface area contributed by atoms with Gasteiger partial charge >= 0.3 is 0 Å². The molecule has 0 heterocycles. The van der Waals surface area contributed by atoms with Gasteiger partial charge in [-0.1, -0.05) is 12.1 Å². The molecule has 0 radical (unpaired) electrons. The number of carbonyl (C=O) groups excluding carboxylic acids is 1. The maximum atomic E-state index is 11.9. The number of hydrogen-bond acceptors (Lipinski definition) is 8. The predicted octanol–water partition coefficient (Wildman–Crippen LogP) is 3.29. The first-order valence-corrected chi connectivity index (χ1v) is 11.3. The van der Waals surface area contributed by atoms with Gasteiger partial charge in [0.25, 0.3) is 20.2 Å². The lowest BCUT2D eigenvalue weighted by molar-refractivity contribution is -0.114. The number of nitrogen functional groups attached to an aromatic ring is 1. The standard InChI is InChI=1S/C18H16N4O7S2/c1-10(23)20-15-8-12(19)5-6-14(15)21-22-16-9-13-11(7-18(16)31(27,28)29)3-2-4-17(13)30(24,25)26/h2-9H,19H2,1H3,(H,20,23)(H,24,25,26)(H,27,28,29). The summed E-state index contributed by atoms with van der Waals surface area (Å²) in [5, 5.41) is 10.3. The lowest BCUT2D eigenvalue weighted by atomic mass is 10.1. The minimum absolute atomic E-state index is 0.0364. The average molecular weight is 464 g/mol. The van der Waals surface area contributed by atoms with Crippen molar-refractivity contribution in [3.05, 3.63) is 48.5 Å². The van der Waals surface area contributed by atoms with Gasteiger partial charge < -0.3 is 11.1 Å². The topological polar surface area (TPSA) is 189 Å². The van der Waals surface area contributed by atoms with E-state index in [2.05, 4.69) is 15.5 Å². The molecule has 0 unspecified atom stereocenters. The van der Waals surface area contributed by atoms with Crippen LogP contribution < -0.4 is 11.1 Å². The number of nitrogens with zero attached hydrogens (tertiary/aromatic N) is 2. The molecule has 162 valence electrons. The highest BCUT2D eigenvalue weighted by Gasteiger charge is 2.21. The lowest BCUT2D eigenvalue weighted by Crippen LogP contribution is -2.06. The molecule has 5 N–H and O–H groups in total. The average Bonchev–Trinajstić information content (AvgIpc) is 2.64. The zero-order valence-electron chi connectivity index (χ0n) is 15.8. The van der Waals surface area contributed by atoms with Crippen LogP contribution >= 0.6 is 0 Å². The molecule has 0 fully saturated rings. The van der Waals surface area contributed by atoms with E-state index in [0.717, 1.165) is 18.2 Å². The Kier molecular flexibility index (Phi) is 5.78. The summed E-state index contributed by atoms with van der Waals surface area (Å²) in [6, 6.07) is 10.2. The highest BCUT2D eigenvalue weighted by Crippen LogP contribution is 2.35. The molecule has 1 amide bonds. The van der Waals surface area contributed by atoms with Crippen LogP contribution in [0.3, 0.4) is 0 Å². The number of benzene rings is 3. The predicted molar refractivity (Wildman–Crippen MR) is 113 cm³/mol. The molecule has 3 aromatic rings. The second-order valence-electron chi connectivity index (χ2n) is 6.41. The summed E-state index contributed by atoms with van der Waals surface area (Å²) >= 11 is 0. The van der Waals surface area contributed by atoms with Gasteiger partial charge in [-0.05, 0) is 41.8 Å². The van der Waals surface area contributed by atoms with Crippen LogP contribution in [0.15, 0.2) is 68.6 Å². The molecule has 0 bridgehead atoms. The fourth-order valence-corrected chi connectivity index (χ4v) is 4.16. The van der Waals surface area contributed by atoms with Crippen molar-refractivity contribution in [2.45, 2.75) is 16.7 Å². The largest absolute Gasteiger partial charge is 0.399 e. The maximum absolute atomic E-state index is 11.9. The van der Waals surface area contributed by atoms with E-state index in [-0.39, 0.29) is 22.1 Å². The van der Waals surface area contributed by atoms with Gasteiger partial charge in [-0.15, -0.1) is 10.2 Å². The van der Waals surface area contributed by atoms with Crippen LogP contribution in [0.1, 0.15) is 6.92 Å². The van der Waals surface area contributed by atoms with Crippen LogP contribution in [0.2, 0.25) is 0 Å². The van der Waals surface area contributed by atoms with Crippen molar-refractivity contribution in [2.75, 3.05) is 11.1 Å². The van der Waals surface area contributed by atoms with Crippen molar-refractivity contribution in [3.63, 3.8) is 0 Å². The highest BCUT2D eigenvalue weighted by atomic mass is 32.2. The quantitative estimate of drug-likeness (QED) is 0.251. The van der Waals surface area contributed by atoms with Crippen molar-refractivity contribution >= 4 is 59.7 Å². The minimum Gasteiger partial charge on any atom is -0.399 e. The molecule has 0 saturated carbocycles. The molecule has 31 heavy (non-hydrogen) atoms. The summed E-state index contributed by atoms with van der Waals surface area (Å²) in [6.45, 7) is 1.26. The molecule has 0 aromatic heterocycles. The number of rotatable bonds is 5. The Morgan fingerprint density at radius 1 is 0.903 bits per heavy atom. The number of azo groups is 1. The number of nitrogens with two attached hydrogens (primary N) is 1. The zero-order chi connectivity index (χ0) is 23.0. The van der Waals surface area contributed by atoms with E-state index in [1.165, 1.54) is 37.3 Å². The van der Waals surface area contributed by atoms with Gasteiger partial charge in [0.15, 0.2) is 0 Å². The summed E-state index contributed by atoms with van der Waals surface area (Å²) in [4.78, 5) is 10.3. The van der Waals surface area contributed by atoms with Gasteiger partial charge in [-0.2, -0.15) is 16.8 Å². The van der Waals surface area contributed by atoms with Crippen molar-refractivity contribution in [3.8, 4) is 0 Å². The fourth-order valence-electron chi connectivity index (χ4n) is 2.81. The van der Waals surface area contributed by atoms with Crippen molar-refractivity contribution in [1.29, 1.82) is 0 Å². The van der Waals surface area contributed by atoms with Gasteiger partial charge in [-0.25, -0.2) is 0 Å². The van der Waals surface area contributed by atoms with E-state index < -0.39 is 41.6 Å². The van der Waals surface area contributed by atoms with Crippen molar-refractivity contribution in [2.24, 2.45) is 10.2 Å². The number of nitrogens with one attached hydrogen (secondary N) is 1. The first-order valence-electron chi connectivity index (χ1n) is 8.47. The maximum Gasteiger partial charge on any atom is 0.296 e. The zero-order valence-corrected chi connectivity index (χ0v) is 17.5. The molecule has 0 spiro atoms. The SMILES string of the molecule is CC(=O)Nc1cc(N)ccc1N=Nc1cc2c(S(=O)(=O)O)cccc2cc1S(=O)(=O)O. The van der Waals surface area contributed by atoms with Gasteiger partial charge in [0.05, 0.1) is 5.69 Å². The van der Waals surface area contributed by atoms with E-state index in [0.29, 0.717) is 5.69 Å². The van der Waals surface area contributed by atoms with E-state index in [9.17, 15) is 30.7 Å². The van der Waals surface area contributed by atoms with E-state index in [1.54, 1.807) is 0 Å². The first-order chi connectivity index (χ1) is 14.4. The van der Waals surface area contributed by atoms with Gasteiger partial charge in [0.1, 0.15) is 21.2 Å². The molecule has 0 aliphatic heterocycles. The summed E-state index contributed by atoms with van der Waals surface area (Å²) in [6.07, 6.45) is 0. The molecular weight excluding hydrogens is 448 g/mol. The van der Waals surface area contributed by atoms with Crippen LogP contribution in [-0.2, 0) is 25.0 Å². The van der Waals surface area contributed by atoms with Crippen LogP contribution in [0.5, 0.6) is 0 Å². The summed E-state index contributed by atoms with van der Waals surface area (Å²) in [7, 11) is -9.40. The molecule has 13 heteroatoms. The summed E-state index contributed by atoms with van der Waals surface area (Å²) in [5.74, 6) is -0.413. The molecule has 0 aliphatic carbocycles. The van der Waals surface area contributed by atoms with Crippen LogP contribution in [-0.4, -0.2) is 31.8 Å².